The molecule has 1 saturated heterocycles. The highest BCUT2D eigenvalue weighted by molar-refractivity contribution is 8.19. The number of hydrogen-bond donors (Lipinski definition) is 1. The molecule has 0 saturated carbocycles. The van der Waals surface area contributed by atoms with Crippen molar-refractivity contribution in [1.29, 1.82) is 0 Å². The van der Waals surface area contributed by atoms with Gasteiger partial charge in [0.25, 0.3) is 5.91 Å². The van der Waals surface area contributed by atoms with E-state index in [2.05, 4.69) is 11.4 Å². The largest absolute Gasteiger partial charge is 0.483 e. The number of anilines is 1. The first-order valence-electron chi connectivity index (χ1n) is 7.96. The maximum absolute atomic E-state index is 12.2. The molecule has 1 heterocycles. The van der Waals surface area contributed by atoms with Crippen LogP contribution in [0.1, 0.15) is 21.3 Å². The Bertz CT molecular complexity index is 727. The van der Waals surface area contributed by atoms with Crippen LogP contribution in [0.15, 0.2) is 42.5 Å². The van der Waals surface area contributed by atoms with Crippen molar-refractivity contribution in [2.75, 3.05) is 23.4 Å². The van der Waals surface area contributed by atoms with Crippen molar-refractivity contribution < 1.29 is 9.53 Å². The number of carbonyl (C=O) groups excluding carboxylic acids is 1. The van der Waals surface area contributed by atoms with Crippen LogP contribution in [0.3, 0.4) is 0 Å². The molecule has 24 heavy (non-hydrogen) atoms. The number of aryl methyl sites for hydroxylation is 1. The Balaban J connectivity index is 1.63. The van der Waals surface area contributed by atoms with Gasteiger partial charge < -0.3 is 10.1 Å². The van der Waals surface area contributed by atoms with Gasteiger partial charge in [-0.2, -0.15) is 0 Å². The van der Waals surface area contributed by atoms with E-state index in [1.807, 2.05) is 73.8 Å². The normalized spacial score (nSPS) is 14.6. The molecule has 0 aliphatic carbocycles. The standard InChI is InChI=1S/C19H21NO2S2/c1-13-6-5-8-16(14(13)2)20-18(21)12-22-17-9-4-3-7-15(17)19-23-10-11-24-19/h3-9,19H,10-12H2,1-2H3,(H,20,21). The first-order valence-corrected chi connectivity index (χ1v) is 10.1. The molecule has 3 rings (SSSR count). The topological polar surface area (TPSA) is 38.3 Å². The van der Waals surface area contributed by atoms with Crippen molar-refractivity contribution in [3.8, 4) is 5.75 Å². The first-order chi connectivity index (χ1) is 11.6. The Kier molecular flexibility index (Phi) is 5.74. The van der Waals surface area contributed by atoms with Crippen LogP contribution < -0.4 is 10.1 Å². The van der Waals surface area contributed by atoms with E-state index in [9.17, 15) is 4.79 Å². The highest BCUT2D eigenvalue weighted by Gasteiger charge is 2.21. The summed E-state index contributed by atoms with van der Waals surface area (Å²) in [6, 6.07) is 13.9. The van der Waals surface area contributed by atoms with E-state index in [0.717, 1.165) is 34.1 Å². The predicted octanol–water partition coefficient (Wildman–Crippen LogP) is 4.80. The first kappa shape index (κ1) is 17.2. The highest BCUT2D eigenvalue weighted by Crippen LogP contribution is 2.48. The van der Waals surface area contributed by atoms with Crippen LogP contribution in [0.2, 0.25) is 0 Å². The third-order valence-electron chi connectivity index (χ3n) is 4.03. The SMILES string of the molecule is Cc1cccc(NC(=O)COc2ccccc2C2SCCS2)c1C. The highest BCUT2D eigenvalue weighted by atomic mass is 32.2. The molecule has 1 aliphatic rings. The summed E-state index contributed by atoms with van der Waals surface area (Å²) in [6.07, 6.45) is 0. The molecule has 0 aromatic heterocycles. The minimum atomic E-state index is -0.134. The fraction of sp³-hybridized carbons (Fsp3) is 0.316. The van der Waals surface area contributed by atoms with Gasteiger partial charge in [-0.25, -0.2) is 0 Å². The van der Waals surface area contributed by atoms with E-state index in [4.69, 9.17) is 4.74 Å². The van der Waals surface area contributed by atoms with Crippen molar-refractivity contribution in [3.63, 3.8) is 0 Å². The van der Waals surface area contributed by atoms with Crippen molar-refractivity contribution >= 4 is 35.1 Å². The maximum atomic E-state index is 12.2. The molecular weight excluding hydrogens is 338 g/mol. The van der Waals surface area contributed by atoms with Crippen molar-refractivity contribution in [2.45, 2.75) is 18.4 Å². The Morgan fingerprint density at radius 1 is 1.12 bits per heavy atom. The lowest BCUT2D eigenvalue weighted by atomic mass is 10.1. The molecule has 1 fully saturated rings. The van der Waals surface area contributed by atoms with E-state index in [1.54, 1.807) is 0 Å². The molecule has 0 spiro atoms. The van der Waals surface area contributed by atoms with Gasteiger partial charge in [0.15, 0.2) is 6.61 Å². The zero-order valence-corrected chi connectivity index (χ0v) is 15.5. The van der Waals surface area contributed by atoms with E-state index in [-0.39, 0.29) is 12.5 Å². The molecule has 1 amide bonds. The van der Waals surface area contributed by atoms with Crippen LogP contribution >= 0.6 is 23.5 Å². The predicted molar refractivity (Wildman–Crippen MR) is 104 cm³/mol. The average molecular weight is 360 g/mol. The minimum absolute atomic E-state index is 0.0203. The number of ether oxygens (including phenoxy) is 1. The maximum Gasteiger partial charge on any atom is 0.262 e. The van der Waals surface area contributed by atoms with Gasteiger partial charge in [0.1, 0.15) is 5.75 Å². The van der Waals surface area contributed by atoms with Crippen molar-refractivity contribution in [3.05, 3.63) is 59.2 Å². The molecule has 5 heteroatoms. The van der Waals surface area contributed by atoms with Gasteiger partial charge in [-0.1, -0.05) is 30.3 Å². The number of hydrogen-bond acceptors (Lipinski definition) is 4. The molecule has 0 radical (unpaired) electrons. The van der Waals surface area contributed by atoms with E-state index >= 15 is 0 Å². The summed E-state index contributed by atoms with van der Waals surface area (Å²) in [5.41, 5.74) is 4.27. The average Bonchev–Trinajstić information content (AvgIpc) is 3.12. The van der Waals surface area contributed by atoms with E-state index in [0.29, 0.717) is 4.58 Å². The minimum Gasteiger partial charge on any atom is -0.483 e. The van der Waals surface area contributed by atoms with Crippen LogP contribution in [0.4, 0.5) is 5.69 Å². The third kappa shape index (κ3) is 4.08. The summed E-state index contributed by atoms with van der Waals surface area (Å²) in [7, 11) is 0. The van der Waals surface area contributed by atoms with Crippen LogP contribution in [0, 0.1) is 13.8 Å². The van der Waals surface area contributed by atoms with E-state index < -0.39 is 0 Å². The number of para-hydroxylation sites is 1. The number of amides is 1. The van der Waals surface area contributed by atoms with Crippen LogP contribution in [-0.4, -0.2) is 24.0 Å². The van der Waals surface area contributed by atoms with Crippen molar-refractivity contribution in [2.24, 2.45) is 0 Å². The van der Waals surface area contributed by atoms with Crippen molar-refractivity contribution in [1.82, 2.24) is 0 Å². The van der Waals surface area contributed by atoms with Crippen LogP contribution in [0.5, 0.6) is 5.75 Å². The smallest absolute Gasteiger partial charge is 0.262 e. The summed E-state index contributed by atoms with van der Waals surface area (Å²) in [4.78, 5) is 12.2. The summed E-state index contributed by atoms with van der Waals surface area (Å²) >= 11 is 3.86. The van der Waals surface area contributed by atoms with Crippen LogP contribution in [0.25, 0.3) is 0 Å². The van der Waals surface area contributed by atoms with Gasteiger partial charge in [-0.05, 0) is 37.1 Å². The zero-order valence-electron chi connectivity index (χ0n) is 13.9. The molecule has 2 aromatic carbocycles. The number of thioether (sulfide) groups is 2. The monoisotopic (exact) mass is 359 g/mol. The van der Waals surface area contributed by atoms with Gasteiger partial charge in [-0.3, -0.25) is 4.79 Å². The molecule has 1 N–H and O–H groups in total. The second-order valence-corrected chi connectivity index (χ2v) is 8.42. The van der Waals surface area contributed by atoms with Gasteiger partial charge in [0, 0.05) is 22.8 Å². The number of nitrogens with one attached hydrogen (secondary N) is 1. The van der Waals surface area contributed by atoms with Crippen LogP contribution in [-0.2, 0) is 4.79 Å². The third-order valence-corrected chi connectivity index (χ3v) is 7.10. The quantitative estimate of drug-likeness (QED) is 0.832. The number of carbonyl (C=O) groups is 1. The van der Waals surface area contributed by atoms with E-state index in [1.165, 1.54) is 5.56 Å². The molecular formula is C19H21NO2S2. The Hall–Kier alpha value is -1.59. The van der Waals surface area contributed by atoms with Gasteiger partial charge >= 0.3 is 0 Å². The zero-order chi connectivity index (χ0) is 16.9. The molecule has 126 valence electrons. The lowest BCUT2D eigenvalue weighted by Gasteiger charge is -2.15. The summed E-state index contributed by atoms with van der Waals surface area (Å²) < 4.78 is 6.22. The van der Waals surface area contributed by atoms with Gasteiger partial charge in [-0.15, -0.1) is 23.5 Å². The second kappa shape index (κ2) is 7.99. The second-order valence-electron chi connectivity index (χ2n) is 5.70. The summed E-state index contributed by atoms with van der Waals surface area (Å²) in [6.45, 7) is 4.07. The Labute approximate surface area is 151 Å². The molecule has 0 bridgehead atoms. The number of benzene rings is 2. The fourth-order valence-corrected chi connectivity index (χ4v) is 5.47. The number of rotatable bonds is 5. The Morgan fingerprint density at radius 2 is 1.88 bits per heavy atom. The van der Waals surface area contributed by atoms with Gasteiger partial charge in [0.05, 0.1) is 4.58 Å². The molecule has 3 nitrogen and oxygen atoms in total. The Morgan fingerprint density at radius 3 is 2.67 bits per heavy atom. The lowest BCUT2D eigenvalue weighted by Crippen LogP contribution is -2.21. The summed E-state index contributed by atoms with van der Waals surface area (Å²) in [5.74, 6) is 3.00. The summed E-state index contributed by atoms with van der Waals surface area (Å²) in [5, 5.41) is 2.94. The molecule has 0 atom stereocenters. The fourth-order valence-electron chi connectivity index (χ4n) is 2.56. The molecule has 0 unspecified atom stereocenters. The molecule has 2 aromatic rings. The van der Waals surface area contributed by atoms with Gasteiger partial charge in [0.2, 0.25) is 0 Å². The molecule has 1 aliphatic heterocycles. The lowest BCUT2D eigenvalue weighted by molar-refractivity contribution is -0.118.